The minimum atomic E-state index is 0.294. The maximum Gasteiger partial charge on any atom is 0.0446 e. The zero-order chi connectivity index (χ0) is 10.8. The Morgan fingerprint density at radius 1 is 1.29 bits per heavy atom. The Hall–Kier alpha value is 0.270. The summed E-state index contributed by atoms with van der Waals surface area (Å²) < 4.78 is 0. The van der Waals surface area contributed by atoms with Crippen molar-refractivity contribution < 1.29 is 5.11 Å². The quantitative estimate of drug-likeness (QED) is 0.583. The molecule has 0 spiro atoms. The standard InChI is InChI=1S/C11H25NOS/c1-4-12-11(5-7-13)9-14-8-6-10(2)3/h10-13H,4-9H2,1-3H3. The highest BCUT2D eigenvalue weighted by Crippen LogP contribution is 2.11. The van der Waals surface area contributed by atoms with Gasteiger partial charge < -0.3 is 10.4 Å². The molecule has 0 aliphatic heterocycles. The first-order valence-corrected chi connectivity index (χ1v) is 6.78. The second-order valence-electron chi connectivity index (χ2n) is 4.02. The van der Waals surface area contributed by atoms with Crippen LogP contribution in [0.3, 0.4) is 0 Å². The molecule has 0 bridgehead atoms. The number of aliphatic hydroxyl groups excluding tert-OH is 1. The van der Waals surface area contributed by atoms with Crippen molar-refractivity contribution in [3.8, 4) is 0 Å². The van der Waals surface area contributed by atoms with E-state index >= 15 is 0 Å². The fourth-order valence-electron chi connectivity index (χ4n) is 1.23. The molecule has 0 aliphatic carbocycles. The molecule has 0 aliphatic rings. The van der Waals surface area contributed by atoms with Crippen LogP contribution in [0.1, 0.15) is 33.6 Å². The summed E-state index contributed by atoms with van der Waals surface area (Å²) in [5, 5.41) is 12.2. The van der Waals surface area contributed by atoms with Gasteiger partial charge in [-0.2, -0.15) is 11.8 Å². The van der Waals surface area contributed by atoms with E-state index in [1.807, 2.05) is 11.8 Å². The van der Waals surface area contributed by atoms with Crippen molar-refractivity contribution in [2.24, 2.45) is 5.92 Å². The lowest BCUT2D eigenvalue weighted by molar-refractivity contribution is 0.271. The van der Waals surface area contributed by atoms with Crippen LogP contribution in [-0.2, 0) is 0 Å². The van der Waals surface area contributed by atoms with Crippen molar-refractivity contribution in [2.75, 3.05) is 24.7 Å². The molecule has 1 unspecified atom stereocenters. The van der Waals surface area contributed by atoms with Gasteiger partial charge in [-0.25, -0.2) is 0 Å². The molecule has 0 saturated carbocycles. The Labute approximate surface area is 92.9 Å². The molecule has 3 heteroatoms. The fraction of sp³-hybridized carbons (Fsp3) is 1.00. The number of hydrogen-bond donors (Lipinski definition) is 2. The lowest BCUT2D eigenvalue weighted by atomic mass is 10.2. The summed E-state index contributed by atoms with van der Waals surface area (Å²) in [5.41, 5.74) is 0. The predicted octanol–water partition coefficient (Wildman–Crippen LogP) is 2.13. The van der Waals surface area contributed by atoms with Crippen LogP contribution in [-0.4, -0.2) is 35.8 Å². The van der Waals surface area contributed by atoms with Crippen LogP contribution in [0.25, 0.3) is 0 Å². The summed E-state index contributed by atoms with van der Waals surface area (Å²) in [6, 6.07) is 0.488. The van der Waals surface area contributed by atoms with Crippen LogP contribution in [0.4, 0.5) is 0 Å². The minimum absolute atomic E-state index is 0.294. The van der Waals surface area contributed by atoms with E-state index in [1.54, 1.807) is 0 Å². The van der Waals surface area contributed by atoms with Gasteiger partial charge in [0, 0.05) is 18.4 Å². The zero-order valence-electron chi connectivity index (χ0n) is 9.75. The van der Waals surface area contributed by atoms with Crippen LogP contribution in [0.5, 0.6) is 0 Å². The SMILES string of the molecule is CCNC(CCO)CSCCC(C)C. The van der Waals surface area contributed by atoms with E-state index < -0.39 is 0 Å². The maximum absolute atomic E-state index is 8.86. The first kappa shape index (κ1) is 14.3. The highest BCUT2D eigenvalue weighted by molar-refractivity contribution is 7.99. The van der Waals surface area contributed by atoms with Crippen molar-refractivity contribution >= 4 is 11.8 Å². The van der Waals surface area contributed by atoms with Gasteiger partial charge in [-0.15, -0.1) is 0 Å². The van der Waals surface area contributed by atoms with E-state index in [4.69, 9.17) is 5.11 Å². The Balaban J connectivity index is 3.40. The number of aliphatic hydroxyl groups is 1. The Morgan fingerprint density at radius 2 is 2.00 bits per heavy atom. The summed E-state index contributed by atoms with van der Waals surface area (Å²) in [6.45, 7) is 7.92. The van der Waals surface area contributed by atoms with Crippen molar-refractivity contribution in [1.82, 2.24) is 5.32 Å². The first-order valence-electron chi connectivity index (χ1n) is 5.62. The highest BCUT2D eigenvalue weighted by Gasteiger charge is 2.06. The van der Waals surface area contributed by atoms with Crippen LogP contribution >= 0.6 is 11.8 Å². The topological polar surface area (TPSA) is 32.3 Å². The number of nitrogens with one attached hydrogen (secondary N) is 1. The van der Waals surface area contributed by atoms with Crippen LogP contribution in [0.2, 0.25) is 0 Å². The zero-order valence-corrected chi connectivity index (χ0v) is 10.6. The van der Waals surface area contributed by atoms with E-state index in [-0.39, 0.29) is 0 Å². The molecule has 86 valence electrons. The monoisotopic (exact) mass is 219 g/mol. The van der Waals surface area contributed by atoms with Gasteiger partial charge in [-0.1, -0.05) is 20.8 Å². The summed E-state index contributed by atoms with van der Waals surface area (Å²) in [7, 11) is 0. The molecule has 2 N–H and O–H groups in total. The lowest BCUT2D eigenvalue weighted by Gasteiger charge is -2.16. The Morgan fingerprint density at radius 3 is 2.50 bits per heavy atom. The second-order valence-corrected chi connectivity index (χ2v) is 5.17. The molecule has 14 heavy (non-hydrogen) atoms. The molecule has 0 radical (unpaired) electrons. The smallest absolute Gasteiger partial charge is 0.0446 e. The minimum Gasteiger partial charge on any atom is -0.396 e. The van der Waals surface area contributed by atoms with E-state index in [1.165, 1.54) is 12.2 Å². The molecule has 2 nitrogen and oxygen atoms in total. The van der Waals surface area contributed by atoms with E-state index in [9.17, 15) is 0 Å². The van der Waals surface area contributed by atoms with Gasteiger partial charge in [0.1, 0.15) is 0 Å². The fourth-order valence-corrected chi connectivity index (χ4v) is 2.61. The average molecular weight is 219 g/mol. The van der Waals surface area contributed by atoms with E-state index in [0.717, 1.165) is 24.6 Å². The van der Waals surface area contributed by atoms with Gasteiger partial charge in [0.05, 0.1) is 0 Å². The number of thioether (sulfide) groups is 1. The molecular weight excluding hydrogens is 194 g/mol. The molecular formula is C11H25NOS. The largest absolute Gasteiger partial charge is 0.396 e. The maximum atomic E-state index is 8.86. The first-order chi connectivity index (χ1) is 6.70. The van der Waals surface area contributed by atoms with Crippen LogP contribution < -0.4 is 5.32 Å². The third kappa shape index (κ3) is 8.85. The summed E-state index contributed by atoms with van der Waals surface area (Å²) in [5.74, 6) is 3.17. The molecule has 0 heterocycles. The van der Waals surface area contributed by atoms with Crippen molar-refractivity contribution in [2.45, 2.75) is 39.7 Å². The van der Waals surface area contributed by atoms with Gasteiger partial charge in [0.15, 0.2) is 0 Å². The summed E-state index contributed by atoms with van der Waals surface area (Å²) in [4.78, 5) is 0. The molecule has 0 saturated heterocycles. The number of rotatable bonds is 9. The van der Waals surface area contributed by atoms with Crippen LogP contribution in [0.15, 0.2) is 0 Å². The third-order valence-electron chi connectivity index (χ3n) is 2.13. The molecule has 0 aromatic carbocycles. The molecule has 0 aromatic rings. The average Bonchev–Trinajstić information content (AvgIpc) is 2.12. The van der Waals surface area contributed by atoms with Gasteiger partial charge >= 0.3 is 0 Å². The summed E-state index contributed by atoms with van der Waals surface area (Å²) >= 11 is 2.00. The normalized spacial score (nSPS) is 13.5. The van der Waals surface area contributed by atoms with E-state index in [2.05, 4.69) is 26.1 Å². The molecule has 0 amide bonds. The van der Waals surface area contributed by atoms with E-state index in [0.29, 0.717) is 12.6 Å². The Bertz CT molecular complexity index is 114. The highest BCUT2D eigenvalue weighted by atomic mass is 32.2. The second kappa shape index (κ2) is 9.81. The lowest BCUT2D eigenvalue weighted by Crippen LogP contribution is -2.32. The molecule has 1 atom stereocenters. The van der Waals surface area contributed by atoms with Gasteiger partial charge in [-0.3, -0.25) is 0 Å². The van der Waals surface area contributed by atoms with Gasteiger partial charge in [0.2, 0.25) is 0 Å². The number of hydrogen-bond acceptors (Lipinski definition) is 3. The van der Waals surface area contributed by atoms with Crippen molar-refractivity contribution in [3.63, 3.8) is 0 Å². The van der Waals surface area contributed by atoms with Crippen molar-refractivity contribution in [1.29, 1.82) is 0 Å². The van der Waals surface area contributed by atoms with Gasteiger partial charge in [0.25, 0.3) is 0 Å². The summed E-state index contributed by atoms with van der Waals surface area (Å²) in [6.07, 6.45) is 2.17. The molecule has 0 fully saturated rings. The van der Waals surface area contributed by atoms with Gasteiger partial charge in [-0.05, 0) is 31.1 Å². The van der Waals surface area contributed by atoms with Crippen molar-refractivity contribution in [3.05, 3.63) is 0 Å². The molecule has 0 aromatic heterocycles. The van der Waals surface area contributed by atoms with Crippen LogP contribution in [0, 0.1) is 5.92 Å². The Kier molecular flexibility index (Phi) is 10.0. The third-order valence-corrected chi connectivity index (χ3v) is 3.29. The molecule has 0 rings (SSSR count). The predicted molar refractivity (Wildman–Crippen MR) is 65.9 cm³/mol.